The fourth-order valence-corrected chi connectivity index (χ4v) is 4.37. The normalized spacial score (nSPS) is 16.5. The highest BCUT2D eigenvalue weighted by Gasteiger charge is 2.18. The monoisotopic (exact) mass is 628 g/mol. The first-order chi connectivity index (χ1) is 21.2. The van der Waals surface area contributed by atoms with Crippen molar-refractivity contribution in [1.82, 2.24) is 10.6 Å². The quantitative estimate of drug-likeness (QED) is 0.199. The molecule has 2 aromatic carbocycles. The van der Waals surface area contributed by atoms with E-state index in [4.69, 9.17) is 23.4 Å². The van der Waals surface area contributed by atoms with E-state index in [1.807, 2.05) is 58.0 Å². The highest BCUT2D eigenvalue weighted by Crippen LogP contribution is 2.28. The summed E-state index contributed by atoms with van der Waals surface area (Å²) >= 11 is 0. The van der Waals surface area contributed by atoms with Gasteiger partial charge in [-0.25, -0.2) is 4.79 Å². The minimum absolute atomic E-state index is 0.0245. The predicted octanol–water partition coefficient (Wildman–Crippen LogP) is 4.60. The Morgan fingerprint density at radius 3 is 1.96 bits per heavy atom. The second-order valence-corrected chi connectivity index (χ2v) is 13.5. The lowest BCUT2D eigenvalue weighted by atomic mass is 10.1. The maximum atomic E-state index is 11.4. The van der Waals surface area contributed by atoms with Crippen LogP contribution < -0.4 is 30.5 Å². The first-order valence-electron chi connectivity index (χ1n) is 15.7. The zero-order valence-corrected chi connectivity index (χ0v) is 27.9. The molecule has 1 saturated heterocycles. The average Bonchev–Trinajstić information content (AvgIpc) is 3.50. The molecule has 2 heterocycles. The summed E-state index contributed by atoms with van der Waals surface area (Å²) in [5.74, 6) is 1.81. The molecule has 0 spiro atoms. The highest BCUT2D eigenvalue weighted by molar-refractivity contribution is 5.85. The van der Waals surface area contributed by atoms with E-state index in [9.17, 15) is 15.0 Å². The number of benzene rings is 2. The van der Waals surface area contributed by atoms with Gasteiger partial charge in [-0.3, -0.25) is 0 Å². The van der Waals surface area contributed by atoms with E-state index >= 15 is 0 Å². The fourth-order valence-electron chi connectivity index (χ4n) is 4.37. The number of fused-ring (bicyclic) bond motifs is 1. The summed E-state index contributed by atoms with van der Waals surface area (Å²) in [5, 5.41) is 27.3. The number of rotatable bonds is 13. The Balaban J connectivity index is 0.000000246. The second kappa shape index (κ2) is 17.0. The summed E-state index contributed by atoms with van der Waals surface area (Å²) in [7, 11) is 0. The number of nitrogens with one attached hydrogen (secondary N) is 2. The van der Waals surface area contributed by atoms with Gasteiger partial charge in [-0.2, -0.15) is 0 Å². The van der Waals surface area contributed by atoms with E-state index in [2.05, 4.69) is 31.4 Å². The van der Waals surface area contributed by atoms with E-state index in [0.717, 1.165) is 30.4 Å². The maximum absolute atomic E-state index is 11.4. The molecule has 0 amide bonds. The van der Waals surface area contributed by atoms with Crippen molar-refractivity contribution in [2.24, 2.45) is 0 Å². The summed E-state index contributed by atoms with van der Waals surface area (Å²) in [5.41, 5.74) is 0.913. The first-order valence-corrected chi connectivity index (χ1v) is 15.7. The van der Waals surface area contributed by atoms with Gasteiger partial charge in [0.15, 0.2) is 22.8 Å². The van der Waals surface area contributed by atoms with Gasteiger partial charge in [0.05, 0.1) is 6.10 Å². The van der Waals surface area contributed by atoms with Crippen molar-refractivity contribution >= 4 is 11.0 Å². The molecule has 3 aromatic rings. The van der Waals surface area contributed by atoms with Crippen molar-refractivity contribution in [2.75, 3.05) is 39.5 Å². The molecular weight excluding hydrogens is 576 g/mol. The van der Waals surface area contributed by atoms with Gasteiger partial charge in [0.1, 0.15) is 32.0 Å². The van der Waals surface area contributed by atoms with Crippen LogP contribution >= 0.6 is 0 Å². The van der Waals surface area contributed by atoms with E-state index < -0.39 is 17.8 Å². The van der Waals surface area contributed by atoms with Crippen molar-refractivity contribution in [1.29, 1.82) is 0 Å². The number of para-hydroxylation sites is 2. The summed E-state index contributed by atoms with van der Waals surface area (Å²) in [6.45, 7) is 16.8. The zero-order chi connectivity index (χ0) is 33.0. The van der Waals surface area contributed by atoms with Gasteiger partial charge >= 0.3 is 5.63 Å². The van der Waals surface area contributed by atoms with Gasteiger partial charge in [-0.15, -0.1) is 0 Å². The van der Waals surface area contributed by atoms with Crippen LogP contribution in [0.15, 0.2) is 57.7 Å². The summed E-state index contributed by atoms with van der Waals surface area (Å²) in [6.07, 6.45) is 1.09. The minimum atomic E-state index is -0.647. The molecule has 10 heteroatoms. The molecule has 1 fully saturated rings. The molecule has 1 aliphatic heterocycles. The predicted molar refractivity (Wildman–Crippen MR) is 177 cm³/mol. The molecule has 0 radical (unpaired) electrons. The number of aliphatic hydroxyl groups excluding tert-OH is 2. The van der Waals surface area contributed by atoms with Gasteiger partial charge in [0.25, 0.3) is 0 Å². The lowest BCUT2D eigenvalue weighted by Gasteiger charge is -2.23. The lowest BCUT2D eigenvalue weighted by Crippen LogP contribution is -2.42. The maximum Gasteiger partial charge on any atom is 0.336 e. The van der Waals surface area contributed by atoms with Gasteiger partial charge in [0, 0.05) is 42.2 Å². The zero-order valence-electron chi connectivity index (χ0n) is 27.9. The molecule has 4 N–H and O–H groups in total. The number of aliphatic hydroxyl groups is 2. The van der Waals surface area contributed by atoms with Crippen LogP contribution in [0, 0.1) is 6.92 Å². The molecule has 0 saturated carbocycles. The Labute approximate surface area is 267 Å². The van der Waals surface area contributed by atoms with Crippen LogP contribution in [0.1, 0.15) is 59.9 Å². The van der Waals surface area contributed by atoms with Crippen LogP contribution in [0.4, 0.5) is 0 Å². The van der Waals surface area contributed by atoms with Crippen molar-refractivity contribution in [2.45, 2.75) is 90.7 Å². The second-order valence-electron chi connectivity index (χ2n) is 13.5. The van der Waals surface area contributed by atoms with Crippen LogP contribution in [0.5, 0.6) is 17.2 Å². The largest absolute Gasteiger partial charge is 0.487 e. The SMILES string of the molecule is CC(C)(C)NCC(O)COc1ccccc1OCC1CCCO1.Cc1ccc(OCC(O)CNC(C)(C)C)c2oc(=O)ccc12. The van der Waals surface area contributed by atoms with Gasteiger partial charge in [0.2, 0.25) is 0 Å². The number of hydrogen-bond acceptors (Lipinski definition) is 10. The van der Waals surface area contributed by atoms with Gasteiger partial charge < -0.3 is 44.2 Å². The molecular formula is C35H52N2O8. The minimum Gasteiger partial charge on any atom is -0.487 e. The molecule has 4 rings (SSSR count). The third kappa shape index (κ3) is 13.4. The number of ether oxygens (including phenoxy) is 4. The third-order valence-corrected chi connectivity index (χ3v) is 6.86. The molecule has 250 valence electrons. The van der Waals surface area contributed by atoms with Crippen molar-refractivity contribution < 1.29 is 33.6 Å². The highest BCUT2D eigenvalue weighted by atomic mass is 16.6. The molecule has 10 nitrogen and oxygen atoms in total. The molecule has 3 atom stereocenters. The molecule has 1 aliphatic rings. The average molecular weight is 629 g/mol. The topological polar surface area (TPSA) is 132 Å². The number of aryl methyl sites for hydroxylation is 1. The Morgan fingerprint density at radius 2 is 1.40 bits per heavy atom. The fraction of sp³-hybridized carbons (Fsp3) is 0.571. The standard InChI is InChI=1S/C18H29NO4.C17H23NO4/c1-18(2,3)19-11-14(20)12-22-16-8-4-5-9-17(16)23-13-15-7-6-10-21-15;1-11-5-7-14(16-13(11)6-8-15(20)22-16)21-10-12(19)9-18-17(2,3)4/h4-5,8-9,14-15,19-20H,6-7,10-13H2,1-3H3;5-8,12,18-19H,9-10H2,1-4H3. The smallest absolute Gasteiger partial charge is 0.336 e. The van der Waals surface area contributed by atoms with Crippen molar-refractivity contribution in [3.8, 4) is 17.2 Å². The molecule has 1 aromatic heterocycles. The number of hydrogen-bond donors (Lipinski definition) is 4. The Hall–Kier alpha value is -3.15. The van der Waals surface area contributed by atoms with Gasteiger partial charge in [-0.05, 0) is 91.1 Å². The molecule has 0 aliphatic carbocycles. The summed E-state index contributed by atoms with van der Waals surface area (Å²) in [4.78, 5) is 11.4. The van der Waals surface area contributed by atoms with Crippen LogP contribution in [0.25, 0.3) is 11.0 Å². The first kappa shape index (κ1) is 36.3. The third-order valence-electron chi connectivity index (χ3n) is 6.86. The van der Waals surface area contributed by atoms with Crippen LogP contribution in [-0.2, 0) is 4.74 Å². The van der Waals surface area contributed by atoms with Crippen LogP contribution in [-0.4, -0.2) is 79.1 Å². The van der Waals surface area contributed by atoms with Crippen molar-refractivity contribution in [3.63, 3.8) is 0 Å². The van der Waals surface area contributed by atoms with E-state index in [1.165, 1.54) is 6.07 Å². The van der Waals surface area contributed by atoms with E-state index in [0.29, 0.717) is 42.5 Å². The Bertz CT molecular complexity index is 1370. The van der Waals surface area contributed by atoms with Crippen molar-refractivity contribution in [3.05, 3.63) is 64.5 Å². The Morgan fingerprint density at radius 1 is 0.822 bits per heavy atom. The van der Waals surface area contributed by atoms with Gasteiger partial charge in [-0.1, -0.05) is 18.2 Å². The molecule has 45 heavy (non-hydrogen) atoms. The Kier molecular flexibility index (Phi) is 13.7. The summed E-state index contributed by atoms with van der Waals surface area (Å²) < 4.78 is 28.0. The van der Waals surface area contributed by atoms with E-state index in [-0.39, 0.29) is 30.4 Å². The molecule has 3 unspecified atom stereocenters. The lowest BCUT2D eigenvalue weighted by molar-refractivity contribution is 0.0644. The van der Waals surface area contributed by atoms with E-state index in [1.54, 1.807) is 12.1 Å². The number of β-amino-alcohol motifs (C(OH)–C–C–N with tert-alkyl or cyclic N) is 2. The summed E-state index contributed by atoms with van der Waals surface area (Å²) in [6, 6.07) is 14.3. The van der Waals surface area contributed by atoms with Crippen LogP contribution in [0.3, 0.4) is 0 Å². The molecule has 0 bridgehead atoms. The van der Waals surface area contributed by atoms with Crippen LogP contribution in [0.2, 0.25) is 0 Å².